The molecule has 0 aromatic carbocycles. The van der Waals surface area contributed by atoms with Gasteiger partial charge in [-0.25, -0.2) is 0 Å². The van der Waals surface area contributed by atoms with Crippen molar-refractivity contribution in [3.63, 3.8) is 0 Å². The first-order valence-electron chi connectivity index (χ1n) is 5.20. The van der Waals surface area contributed by atoms with Gasteiger partial charge < -0.3 is 5.11 Å². The van der Waals surface area contributed by atoms with Crippen LogP contribution in [0, 0.1) is 22.2 Å². The van der Waals surface area contributed by atoms with Crippen LogP contribution in [-0.2, 0) is 4.79 Å². The standard InChI is InChI=1S/C11H16O2/c1-9(7-3-4-7)5-11(9)6-10(11,2)8(12)13/h7H,3-6H2,1-2H3,(H,12,13)/t9-,10-,11-/m1/s1. The van der Waals surface area contributed by atoms with Gasteiger partial charge in [0.25, 0.3) is 0 Å². The number of rotatable bonds is 2. The summed E-state index contributed by atoms with van der Waals surface area (Å²) < 4.78 is 0. The summed E-state index contributed by atoms with van der Waals surface area (Å²) in [4.78, 5) is 11.1. The van der Waals surface area contributed by atoms with E-state index in [0.29, 0.717) is 5.41 Å². The van der Waals surface area contributed by atoms with E-state index in [1.807, 2.05) is 6.92 Å². The van der Waals surface area contributed by atoms with Crippen LogP contribution in [0.5, 0.6) is 0 Å². The van der Waals surface area contributed by atoms with Gasteiger partial charge in [0.1, 0.15) is 0 Å². The maximum absolute atomic E-state index is 11.1. The molecule has 13 heavy (non-hydrogen) atoms. The minimum Gasteiger partial charge on any atom is -0.481 e. The minimum absolute atomic E-state index is 0.215. The van der Waals surface area contributed by atoms with Crippen molar-refractivity contribution in [2.75, 3.05) is 0 Å². The van der Waals surface area contributed by atoms with Crippen molar-refractivity contribution in [1.82, 2.24) is 0 Å². The van der Waals surface area contributed by atoms with Crippen molar-refractivity contribution in [2.24, 2.45) is 22.2 Å². The second-order valence-corrected chi connectivity index (χ2v) is 5.76. The van der Waals surface area contributed by atoms with Gasteiger partial charge in [0.15, 0.2) is 0 Å². The van der Waals surface area contributed by atoms with Crippen LogP contribution < -0.4 is 0 Å². The molecule has 3 atom stereocenters. The van der Waals surface area contributed by atoms with Crippen LogP contribution in [0.15, 0.2) is 0 Å². The molecule has 0 heterocycles. The first-order chi connectivity index (χ1) is 5.96. The molecule has 0 bridgehead atoms. The molecule has 1 spiro atoms. The molecule has 0 amide bonds. The Hall–Kier alpha value is -0.530. The zero-order valence-electron chi connectivity index (χ0n) is 8.26. The van der Waals surface area contributed by atoms with E-state index in [9.17, 15) is 4.79 Å². The zero-order chi connectivity index (χ0) is 9.48. The van der Waals surface area contributed by atoms with Crippen LogP contribution in [0.1, 0.15) is 39.5 Å². The van der Waals surface area contributed by atoms with Gasteiger partial charge in [-0.1, -0.05) is 6.92 Å². The Morgan fingerprint density at radius 3 is 2.31 bits per heavy atom. The maximum Gasteiger partial charge on any atom is 0.309 e. The van der Waals surface area contributed by atoms with E-state index in [4.69, 9.17) is 5.11 Å². The third-order valence-corrected chi connectivity index (χ3v) is 5.17. The van der Waals surface area contributed by atoms with Crippen LogP contribution in [-0.4, -0.2) is 11.1 Å². The summed E-state index contributed by atoms with van der Waals surface area (Å²) >= 11 is 0. The van der Waals surface area contributed by atoms with Gasteiger partial charge in [-0.15, -0.1) is 0 Å². The first kappa shape index (κ1) is 7.84. The highest BCUT2D eigenvalue weighted by atomic mass is 16.4. The quantitative estimate of drug-likeness (QED) is 0.708. The largest absolute Gasteiger partial charge is 0.481 e. The van der Waals surface area contributed by atoms with E-state index in [1.165, 1.54) is 19.3 Å². The molecule has 72 valence electrons. The third kappa shape index (κ3) is 0.628. The normalized spacial score (nSPS) is 58.0. The van der Waals surface area contributed by atoms with E-state index in [1.54, 1.807) is 0 Å². The molecule has 3 aliphatic rings. The molecule has 1 N–H and O–H groups in total. The van der Waals surface area contributed by atoms with Gasteiger partial charge >= 0.3 is 5.97 Å². The summed E-state index contributed by atoms with van der Waals surface area (Å²) in [6.07, 6.45) is 4.79. The van der Waals surface area contributed by atoms with Gasteiger partial charge in [0.2, 0.25) is 0 Å². The maximum atomic E-state index is 11.1. The van der Waals surface area contributed by atoms with Crippen LogP contribution in [0.2, 0.25) is 0 Å². The highest BCUT2D eigenvalue weighted by Gasteiger charge is 2.88. The Balaban J connectivity index is 1.87. The number of aliphatic carboxylic acids is 1. The summed E-state index contributed by atoms with van der Waals surface area (Å²) in [6.45, 7) is 4.24. The van der Waals surface area contributed by atoms with Crippen molar-refractivity contribution < 1.29 is 9.90 Å². The molecule has 0 aromatic heterocycles. The van der Waals surface area contributed by atoms with Crippen LogP contribution in [0.25, 0.3) is 0 Å². The molecule has 3 saturated carbocycles. The smallest absolute Gasteiger partial charge is 0.309 e. The summed E-state index contributed by atoms with van der Waals surface area (Å²) in [5.41, 5.74) is 0.247. The average Bonchev–Trinajstić information content (AvgIpc) is 2.78. The van der Waals surface area contributed by atoms with Crippen molar-refractivity contribution in [3.8, 4) is 0 Å². The lowest BCUT2D eigenvalue weighted by molar-refractivity contribution is -0.143. The molecule has 0 aromatic rings. The zero-order valence-corrected chi connectivity index (χ0v) is 8.26. The van der Waals surface area contributed by atoms with Crippen LogP contribution in [0.4, 0.5) is 0 Å². The summed E-state index contributed by atoms with van der Waals surface area (Å²) in [6, 6.07) is 0. The van der Waals surface area contributed by atoms with Crippen molar-refractivity contribution >= 4 is 5.97 Å². The van der Waals surface area contributed by atoms with Gasteiger partial charge in [-0.2, -0.15) is 0 Å². The minimum atomic E-state index is -0.572. The van der Waals surface area contributed by atoms with Gasteiger partial charge in [0, 0.05) is 0 Å². The van der Waals surface area contributed by atoms with Crippen molar-refractivity contribution in [3.05, 3.63) is 0 Å². The molecule has 3 fully saturated rings. The SMILES string of the molecule is C[C@]1(C(=O)O)C[C@@]12C[C@]2(C)C1CC1. The van der Waals surface area contributed by atoms with E-state index in [-0.39, 0.29) is 10.8 Å². The molecule has 2 heteroatoms. The highest BCUT2D eigenvalue weighted by molar-refractivity contribution is 5.81. The lowest BCUT2D eigenvalue weighted by atomic mass is 9.93. The van der Waals surface area contributed by atoms with Crippen molar-refractivity contribution in [2.45, 2.75) is 39.5 Å². The predicted molar refractivity (Wildman–Crippen MR) is 48.2 cm³/mol. The second kappa shape index (κ2) is 1.67. The molecule has 0 radical (unpaired) electrons. The highest BCUT2D eigenvalue weighted by Crippen LogP contribution is 2.91. The molecule has 0 saturated heterocycles. The Morgan fingerprint density at radius 2 is 1.92 bits per heavy atom. The fourth-order valence-electron chi connectivity index (χ4n) is 3.77. The molecule has 3 rings (SSSR count). The Morgan fingerprint density at radius 1 is 1.31 bits per heavy atom. The summed E-state index contributed by atoms with van der Waals surface area (Å²) in [7, 11) is 0. The molecule has 2 nitrogen and oxygen atoms in total. The van der Waals surface area contributed by atoms with Gasteiger partial charge in [-0.3, -0.25) is 4.79 Å². The number of hydrogen-bond acceptors (Lipinski definition) is 1. The van der Waals surface area contributed by atoms with Gasteiger partial charge in [-0.05, 0) is 49.4 Å². The molecule has 0 aliphatic heterocycles. The Kier molecular flexibility index (Phi) is 1.00. The molecular formula is C11H16O2. The van der Waals surface area contributed by atoms with Crippen molar-refractivity contribution in [1.29, 1.82) is 0 Å². The lowest BCUT2D eigenvalue weighted by Crippen LogP contribution is -2.16. The average molecular weight is 180 g/mol. The van der Waals surface area contributed by atoms with Gasteiger partial charge in [0.05, 0.1) is 5.41 Å². The predicted octanol–water partition coefficient (Wildman–Crippen LogP) is 2.29. The summed E-state index contributed by atoms with van der Waals surface area (Å²) in [5, 5.41) is 9.12. The Bertz CT molecular complexity index is 307. The summed E-state index contributed by atoms with van der Waals surface area (Å²) in [5.74, 6) is 0.283. The molecular weight excluding hydrogens is 164 g/mol. The second-order valence-electron chi connectivity index (χ2n) is 5.76. The van der Waals surface area contributed by atoms with Crippen LogP contribution in [0.3, 0.4) is 0 Å². The number of carboxylic acids is 1. The Labute approximate surface area is 78.3 Å². The topological polar surface area (TPSA) is 37.3 Å². The lowest BCUT2D eigenvalue weighted by Gasteiger charge is -2.11. The van der Waals surface area contributed by atoms with E-state index in [0.717, 1.165) is 12.3 Å². The fourth-order valence-corrected chi connectivity index (χ4v) is 3.77. The van der Waals surface area contributed by atoms with E-state index >= 15 is 0 Å². The fraction of sp³-hybridized carbons (Fsp3) is 0.909. The third-order valence-electron chi connectivity index (χ3n) is 5.17. The number of hydrogen-bond donors (Lipinski definition) is 1. The number of carboxylic acid groups (broad SMARTS) is 1. The molecule has 3 aliphatic carbocycles. The monoisotopic (exact) mass is 180 g/mol. The molecule has 0 unspecified atom stereocenters. The van der Waals surface area contributed by atoms with E-state index < -0.39 is 5.97 Å². The van der Waals surface area contributed by atoms with E-state index in [2.05, 4.69) is 6.92 Å². The number of carbonyl (C=O) groups is 1. The van der Waals surface area contributed by atoms with Crippen LogP contribution >= 0.6 is 0 Å². The first-order valence-corrected chi connectivity index (χ1v) is 5.20.